The van der Waals surface area contributed by atoms with E-state index in [2.05, 4.69) is 32.6 Å². The van der Waals surface area contributed by atoms with Gasteiger partial charge in [0.2, 0.25) is 0 Å². The van der Waals surface area contributed by atoms with Crippen LogP contribution in [0.25, 0.3) is 0 Å². The zero-order valence-corrected chi connectivity index (χ0v) is 8.17. The van der Waals surface area contributed by atoms with Crippen LogP contribution in [-0.2, 0) is 0 Å². The highest BCUT2D eigenvalue weighted by Crippen LogP contribution is 2.09. The predicted octanol–water partition coefficient (Wildman–Crippen LogP) is 1.84. The molecular weight excluding hydrogens is 138 g/mol. The van der Waals surface area contributed by atoms with E-state index in [1.807, 2.05) is 0 Å². The van der Waals surface area contributed by atoms with E-state index in [-0.39, 0.29) is 6.73 Å². The van der Waals surface area contributed by atoms with Crippen molar-refractivity contribution in [1.29, 1.82) is 0 Å². The molecule has 0 spiro atoms. The van der Waals surface area contributed by atoms with Crippen LogP contribution in [0, 0.1) is 0 Å². The first-order valence-electron chi connectivity index (χ1n) is 4.53. The van der Waals surface area contributed by atoms with Crippen molar-refractivity contribution in [3.05, 3.63) is 0 Å². The van der Waals surface area contributed by atoms with E-state index < -0.39 is 0 Å². The lowest BCUT2D eigenvalue weighted by Crippen LogP contribution is -2.40. The van der Waals surface area contributed by atoms with E-state index in [9.17, 15) is 0 Å². The molecule has 11 heavy (non-hydrogen) atoms. The Morgan fingerprint density at radius 1 is 1.09 bits per heavy atom. The number of aliphatic hydroxyl groups is 1. The molecule has 0 aliphatic heterocycles. The maximum atomic E-state index is 9.06. The Balaban J connectivity index is 3.92. The van der Waals surface area contributed by atoms with Crippen LogP contribution in [0.5, 0.6) is 0 Å². The molecule has 0 aromatic rings. The molecular formula is C9H21NO. The Labute approximate surface area is 70.2 Å². The molecule has 0 bridgehead atoms. The lowest BCUT2D eigenvalue weighted by atomic mass is 10.1. The van der Waals surface area contributed by atoms with Gasteiger partial charge < -0.3 is 5.11 Å². The quantitative estimate of drug-likeness (QED) is 0.619. The van der Waals surface area contributed by atoms with Crippen LogP contribution in [0.3, 0.4) is 0 Å². The van der Waals surface area contributed by atoms with Gasteiger partial charge in [-0.05, 0) is 26.7 Å². The highest BCUT2D eigenvalue weighted by molar-refractivity contribution is 4.68. The fourth-order valence-electron chi connectivity index (χ4n) is 1.18. The van der Waals surface area contributed by atoms with E-state index in [0.29, 0.717) is 12.1 Å². The summed E-state index contributed by atoms with van der Waals surface area (Å²) in [4.78, 5) is 2.12. The number of aliphatic hydroxyl groups excluding tert-OH is 1. The van der Waals surface area contributed by atoms with Crippen molar-refractivity contribution < 1.29 is 5.11 Å². The van der Waals surface area contributed by atoms with Crippen molar-refractivity contribution in [2.45, 2.75) is 52.6 Å². The van der Waals surface area contributed by atoms with Gasteiger partial charge >= 0.3 is 0 Å². The predicted molar refractivity (Wildman–Crippen MR) is 48.4 cm³/mol. The second-order valence-electron chi connectivity index (χ2n) is 3.17. The molecule has 0 aromatic carbocycles. The lowest BCUT2D eigenvalue weighted by Gasteiger charge is -2.31. The third-order valence-electron chi connectivity index (χ3n) is 2.48. The molecule has 0 aliphatic rings. The van der Waals surface area contributed by atoms with Crippen LogP contribution in [0.4, 0.5) is 0 Å². The minimum absolute atomic E-state index is 0.185. The molecule has 2 atom stereocenters. The minimum Gasteiger partial charge on any atom is -0.381 e. The Hall–Kier alpha value is -0.0800. The normalized spacial score (nSPS) is 16.9. The lowest BCUT2D eigenvalue weighted by molar-refractivity contribution is 0.0384. The molecule has 0 heterocycles. The molecule has 0 fully saturated rings. The molecule has 1 N–H and O–H groups in total. The molecule has 2 nitrogen and oxygen atoms in total. The Morgan fingerprint density at radius 2 is 1.45 bits per heavy atom. The fraction of sp³-hybridized carbons (Fsp3) is 1.00. The number of hydrogen-bond acceptors (Lipinski definition) is 2. The molecule has 0 aliphatic carbocycles. The summed E-state index contributed by atoms with van der Waals surface area (Å²) in [5.74, 6) is 0. The van der Waals surface area contributed by atoms with Gasteiger partial charge in [0.15, 0.2) is 0 Å². The summed E-state index contributed by atoms with van der Waals surface area (Å²) in [5.41, 5.74) is 0. The standard InChI is InChI=1S/C9H21NO/c1-5-8(3)10(7-11)9(4)6-2/h8-9,11H,5-7H2,1-4H3. The third-order valence-corrected chi connectivity index (χ3v) is 2.48. The van der Waals surface area contributed by atoms with Crippen molar-refractivity contribution in [3.8, 4) is 0 Å². The summed E-state index contributed by atoms with van der Waals surface area (Å²) < 4.78 is 0. The zero-order chi connectivity index (χ0) is 8.85. The van der Waals surface area contributed by atoms with Gasteiger partial charge in [-0.15, -0.1) is 0 Å². The SMILES string of the molecule is CCC(C)N(CO)C(C)CC. The summed E-state index contributed by atoms with van der Waals surface area (Å²) in [6.07, 6.45) is 2.20. The van der Waals surface area contributed by atoms with Gasteiger partial charge in [0.1, 0.15) is 0 Å². The zero-order valence-electron chi connectivity index (χ0n) is 8.17. The maximum Gasteiger partial charge on any atom is 0.0961 e. The Bertz CT molecular complexity index is 85.6. The summed E-state index contributed by atoms with van der Waals surface area (Å²) >= 11 is 0. The second kappa shape index (κ2) is 5.56. The van der Waals surface area contributed by atoms with Crippen molar-refractivity contribution in [2.75, 3.05) is 6.73 Å². The average molecular weight is 159 g/mol. The molecule has 68 valence electrons. The second-order valence-corrected chi connectivity index (χ2v) is 3.17. The van der Waals surface area contributed by atoms with Crippen LogP contribution in [0.2, 0.25) is 0 Å². The molecule has 0 saturated carbocycles. The van der Waals surface area contributed by atoms with Crippen molar-refractivity contribution >= 4 is 0 Å². The Morgan fingerprint density at radius 3 is 1.64 bits per heavy atom. The minimum atomic E-state index is 0.185. The van der Waals surface area contributed by atoms with Crippen LogP contribution < -0.4 is 0 Å². The highest BCUT2D eigenvalue weighted by atomic mass is 16.3. The van der Waals surface area contributed by atoms with Gasteiger partial charge in [0.25, 0.3) is 0 Å². The first-order valence-corrected chi connectivity index (χ1v) is 4.53. The van der Waals surface area contributed by atoms with Crippen LogP contribution >= 0.6 is 0 Å². The Kier molecular flexibility index (Phi) is 5.51. The van der Waals surface area contributed by atoms with E-state index in [4.69, 9.17) is 5.11 Å². The summed E-state index contributed by atoms with van der Waals surface area (Å²) in [5, 5.41) is 9.06. The van der Waals surface area contributed by atoms with Gasteiger partial charge in [-0.25, -0.2) is 0 Å². The first kappa shape index (κ1) is 10.9. The molecule has 0 rings (SSSR count). The van der Waals surface area contributed by atoms with Crippen molar-refractivity contribution in [3.63, 3.8) is 0 Å². The van der Waals surface area contributed by atoms with E-state index >= 15 is 0 Å². The topological polar surface area (TPSA) is 23.5 Å². The van der Waals surface area contributed by atoms with Crippen LogP contribution in [0.1, 0.15) is 40.5 Å². The third kappa shape index (κ3) is 3.21. The average Bonchev–Trinajstić information content (AvgIpc) is 2.05. The van der Waals surface area contributed by atoms with Crippen molar-refractivity contribution in [1.82, 2.24) is 4.90 Å². The van der Waals surface area contributed by atoms with Crippen LogP contribution in [0.15, 0.2) is 0 Å². The summed E-state index contributed by atoms with van der Waals surface area (Å²) in [6.45, 7) is 8.79. The summed E-state index contributed by atoms with van der Waals surface area (Å²) in [6, 6.07) is 0.991. The number of hydrogen-bond donors (Lipinski definition) is 1. The molecule has 0 saturated heterocycles. The summed E-state index contributed by atoms with van der Waals surface area (Å²) in [7, 11) is 0. The number of rotatable bonds is 5. The van der Waals surface area contributed by atoms with E-state index in [0.717, 1.165) is 12.8 Å². The van der Waals surface area contributed by atoms with Gasteiger partial charge in [0.05, 0.1) is 6.73 Å². The van der Waals surface area contributed by atoms with Gasteiger partial charge in [-0.1, -0.05) is 13.8 Å². The fourth-order valence-corrected chi connectivity index (χ4v) is 1.18. The van der Waals surface area contributed by atoms with Crippen LogP contribution in [-0.4, -0.2) is 28.8 Å². The largest absolute Gasteiger partial charge is 0.381 e. The maximum absolute atomic E-state index is 9.06. The monoisotopic (exact) mass is 159 g/mol. The smallest absolute Gasteiger partial charge is 0.0961 e. The van der Waals surface area contributed by atoms with Gasteiger partial charge in [0, 0.05) is 12.1 Å². The van der Waals surface area contributed by atoms with E-state index in [1.54, 1.807) is 0 Å². The molecule has 2 unspecified atom stereocenters. The highest BCUT2D eigenvalue weighted by Gasteiger charge is 2.15. The number of nitrogens with zero attached hydrogens (tertiary/aromatic N) is 1. The van der Waals surface area contributed by atoms with Crippen molar-refractivity contribution in [2.24, 2.45) is 0 Å². The van der Waals surface area contributed by atoms with Gasteiger partial charge in [-0.2, -0.15) is 0 Å². The molecule has 0 radical (unpaired) electrons. The molecule has 0 amide bonds. The molecule has 2 heteroatoms. The van der Waals surface area contributed by atoms with Gasteiger partial charge in [-0.3, -0.25) is 4.90 Å². The van der Waals surface area contributed by atoms with E-state index in [1.165, 1.54) is 0 Å². The first-order chi connectivity index (χ1) is 5.17. The molecule has 0 aromatic heterocycles.